The van der Waals surface area contributed by atoms with Gasteiger partial charge in [0.2, 0.25) is 0 Å². The summed E-state index contributed by atoms with van der Waals surface area (Å²) >= 11 is 0. The van der Waals surface area contributed by atoms with E-state index in [4.69, 9.17) is 10.5 Å². The Morgan fingerprint density at radius 2 is 2.06 bits per heavy atom. The first kappa shape index (κ1) is 11.5. The number of hydrogen-bond donors (Lipinski definition) is 1. The van der Waals surface area contributed by atoms with E-state index < -0.39 is 0 Å². The van der Waals surface area contributed by atoms with Crippen molar-refractivity contribution in [2.75, 3.05) is 0 Å². The minimum Gasteiger partial charge on any atom is -0.455 e. The lowest BCUT2D eigenvalue weighted by atomic mass is 10.2. The van der Waals surface area contributed by atoms with Gasteiger partial charge in [-0.2, -0.15) is 0 Å². The molecule has 0 bridgehead atoms. The van der Waals surface area contributed by atoms with E-state index in [0.717, 1.165) is 28.5 Å². The molecular formula is C13H15N3O. The topological polar surface area (TPSA) is 61.0 Å². The number of aryl methyl sites for hydroxylation is 2. The first-order valence-corrected chi connectivity index (χ1v) is 5.46. The molecule has 17 heavy (non-hydrogen) atoms. The summed E-state index contributed by atoms with van der Waals surface area (Å²) in [4.78, 5) is 8.38. The SMILES string of the molecule is Cc1cc(Oc2cccnc2C)c(CN)cn1. The molecule has 0 aromatic carbocycles. The third-order valence-electron chi connectivity index (χ3n) is 2.48. The molecule has 0 saturated carbocycles. The van der Waals surface area contributed by atoms with E-state index in [1.807, 2.05) is 32.0 Å². The zero-order valence-corrected chi connectivity index (χ0v) is 9.97. The summed E-state index contributed by atoms with van der Waals surface area (Å²) < 4.78 is 5.83. The Labute approximate surface area is 100 Å². The van der Waals surface area contributed by atoms with Crippen LogP contribution in [0.1, 0.15) is 17.0 Å². The Hall–Kier alpha value is -1.94. The highest BCUT2D eigenvalue weighted by Gasteiger charge is 2.07. The smallest absolute Gasteiger partial charge is 0.148 e. The molecule has 0 aliphatic heterocycles. The van der Waals surface area contributed by atoms with Gasteiger partial charge in [-0.05, 0) is 26.0 Å². The average molecular weight is 229 g/mol. The lowest BCUT2D eigenvalue weighted by Gasteiger charge is -2.11. The second-order valence-corrected chi connectivity index (χ2v) is 3.83. The highest BCUT2D eigenvalue weighted by molar-refractivity contribution is 5.38. The summed E-state index contributed by atoms with van der Waals surface area (Å²) in [7, 11) is 0. The highest BCUT2D eigenvalue weighted by Crippen LogP contribution is 2.26. The Morgan fingerprint density at radius 1 is 1.24 bits per heavy atom. The second-order valence-electron chi connectivity index (χ2n) is 3.83. The van der Waals surface area contributed by atoms with E-state index in [1.54, 1.807) is 12.4 Å². The first-order valence-electron chi connectivity index (χ1n) is 5.46. The van der Waals surface area contributed by atoms with Crippen LogP contribution >= 0.6 is 0 Å². The van der Waals surface area contributed by atoms with Crippen molar-refractivity contribution in [3.8, 4) is 11.5 Å². The molecular weight excluding hydrogens is 214 g/mol. The van der Waals surface area contributed by atoms with Crippen molar-refractivity contribution >= 4 is 0 Å². The normalized spacial score (nSPS) is 10.3. The van der Waals surface area contributed by atoms with Crippen molar-refractivity contribution < 1.29 is 4.74 Å². The number of nitrogens with zero attached hydrogens (tertiary/aromatic N) is 2. The number of ether oxygens (including phenoxy) is 1. The fraction of sp³-hybridized carbons (Fsp3) is 0.231. The standard InChI is InChI=1S/C13H15N3O/c1-9-6-13(11(7-14)8-16-9)17-12-4-3-5-15-10(12)2/h3-6,8H,7,14H2,1-2H3. The van der Waals surface area contributed by atoms with Gasteiger partial charge in [0.05, 0.1) is 5.69 Å². The third-order valence-corrected chi connectivity index (χ3v) is 2.48. The molecule has 2 rings (SSSR count). The van der Waals surface area contributed by atoms with Crippen LogP contribution < -0.4 is 10.5 Å². The number of pyridine rings is 2. The van der Waals surface area contributed by atoms with E-state index in [2.05, 4.69) is 9.97 Å². The Morgan fingerprint density at radius 3 is 2.76 bits per heavy atom. The maximum absolute atomic E-state index is 5.83. The molecule has 0 unspecified atom stereocenters. The minimum atomic E-state index is 0.405. The molecule has 2 heterocycles. The number of rotatable bonds is 3. The zero-order chi connectivity index (χ0) is 12.3. The van der Waals surface area contributed by atoms with Crippen molar-refractivity contribution in [3.63, 3.8) is 0 Å². The molecule has 0 aliphatic carbocycles. The van der Waals surface area contributed by atoms with Gasteiger partial charge in [0, 0.05) is 36.3 Å². The van der Waals surface area contributed by atoms with E-state index in [1.165, 1.54) is 0 Å². The molecule has 0 saturated heterocycles. The molecule has 2 aromatic heterocycles. The molecule has 88 valence electrons. The van der Waals surface area contributed by atoms with Crippen molar-refractivity contribution in [2.45, 2.75) is 20.4 Å². The Balaban J connectivity index is 2.35. The summed E-state index contributed by atoms with van der Waals surface area (Å²) in [6, 6.07) is 5.62. The summed E-state index contributed by atoms with van der Waals surface area (Å²) in [5.41, 5.74) is 8.30. The maximum Gasteiger partial charge on any atom is 0.148 e. The van der Waals surface area contributed by atoms with Crippen LogP contribution in [0.2, 0.25) is 0 Å². The predicted molar refractivity (Wildman–Crippen MR) is 65.9 cm³/mol. The van der Waals surface area contributed by atoms with Gasteiger partial charge in [0.15, 0.2) is 0 Å². The van der Waals surface area contributed by atoms with Gasteiger partial charge in [-0.1, -0.05) is 0 Å². The summed E-state index contributed by atoms with van der Waals surface area (Å²) in [5, 5.41) is 0. The second kappa shape index (κ2) is 4.93. The molecule has 4 nitrogen and oxygen atoms in total. The van der Waals surface area contributed by atoms with Crippen molar-refractivity contribution in [2.24, 2.45) is 5.73 Å². The minimum absolute atomic E-state index is 0.405. The van der Waals surface area contributed by atoms with Crippen LogP contribution in [0.25, 0.3) is 0 Å². The molecule has 0 amide bonds. The molecule has 0 fully saturated rings. The summed E-state index contributed by atoms with van der Waals surface area (Å²) in [5.74, 6) is 1.49. The fourth-order valence-corrected chi connectivity index (χ4v) is 1.51. The Bertz CT molecular complexity index is 526. The predicted octanol–water partition coefficient (Wildman–Crippen LogP) is 2.34. The Kier molecular flexibility index (Phi) is 3.35. The van der Waals surface area contributed by atoms with E-state index in [0.29, 0.717) is 6.54 Å². The third kappa shape index (κ3) is 2.60. The van der Waals surface area contributed by atoms with Crippen molar-refractivity contribution in [1.29, 1.82) is 0 Å². The zero-order valence-electron chi connectivity index (χ0n) is 9.97. The van der Waals surface area contributed by atoms with Crippen LogP contribution in [0.3, 0.4) is 0 Å². The monoisotopic (exact) mass is 229 g/mol. The van der Waals surface area contributed by atoms with Gasteiger partial charge in [-0.25, -0.2) is 0 Å². The molecule has 0 atom stereocenters. The molecule has 2 aromatic rings. The first-order chi connectivity index (χ1) is 8.20. The van der Waals surface area contributed by atoms with Gasteiger partial charge in [0.25, 0.3) is 0 Å². The van der Waals surface area contributed by atoms with Gasteiger partial charge < -0.3 is 10.5 Å². The lowest BCUT2D eigenvalue weighted by molar-refractivity contribution is 0.468. The van der Waals surface area contributed by atoms with Gasteiger partial charge >= 0.3 is 0 Å². The largest absolute Gasteiger partial charge is 0.455 e. The average Bonchev–Trinajstić information content (AvgIpc) is 2.32. The van der Waals surface area contributed by atoms with Crippen LogP contribution in [0.15, 0.2) is 30.6 Å². The van der Waals surface area contributed by atoms with Crippen molar-refractivity contribution in [1.82, 2.24) is 9.97 Å². The quantitative estimate of drug-likeness (QED) is 0.877. The highest BCUT2D eigenvalue weighted by atomic mass is 16.5. The van der Waals surface area contributed by atoms with Gasteiger partial charge in [0.1, 0.15) is 11.5 Å². The van der Waals surface area contributed by atoms with Crippen LogP contribution in [0.5, 0.6) is 11.5 Å². The molecule has 0 aliphatic rings. The number of hydrogen-bond acceptors (Lipinski definition) is 4. The summed E-state index contributed by atoms with van der Waals surface area (Å²) in [6.07, 6.45) is 3.49. The van der Waals surface area contributed by atoms with Gasteiger partial charge in [-0.3, -0.25) is 9.97 Å². The maximum atomic E-state index is 5.83. The van der Waals surface area contributed by atoms with E-state index in [-0.39, 0.29) is 0 Å². The van der Waals surface area contributed by atoms with E-state index in [9.17, 15) is 0 Å². The van der Waals surface area contributed by atoms with Gasteiger partial charge in [-0.15, -0.1) is 0 Å². The number of nitrogens with two attached hydrogens (primary N) is 1. The van der Waals surface area contributed by atoms with Crippen molar-refractivity contribution in [3.05, 3.63) is 47.5 Å². The molecule has 4 heteroatoms. The van der Waals surface area contributed by atoms with Crippen LogP contribution in [0, 0.1) is 13.8 Å². The molecule has 2 N–H and O–H groups in total. The summed E-state index contributed by atoms with van der Waals surface area (Å²) in [6.45, 7) is 4.23. The van der Waals surface area contributed by atoms with Crippen LogP contribution in [0.4, 0.5) is 0 Å². The molecule has 0 spiro atoms. The fourth-order valence-electron chi connectivity index (χ4n) is 1.51. The number of aromatic nitrogens is 2. The molecule has 0 radical (unpaired) electrons. The van der Waals surface area contributed by atoms with Crippen LogP contribution in [-0.2, 0) is 6.54 Å². The van der Waals surface area contributed by atoms with Crippen LogP contribution in [-0.4, -0.2) is 9.97 Å². The van der Waals surface area contributed by atoms with E-state index >= 15 is 0 Å². The lowest BCUT2D eigenvalue weighted by Crippen LogP contribution is -2.01.